The van der Waals surface area contributed by atoms with Gasteiger partial charge in [0.15, 0.2) is 23.9 Å². The van der Waals surface area contributed by atoms with E-state index in [-0.39, 0.29) is 12.4 Å². The quantitative estimate of drug-likeness (QED) is 0.327. The van der Waals surface area contributed by atoms with Crippen molar-refractivity contribution in [1.29, 1.82) is 0 Å². The van der Waals surface area contributed by atoms with Gasteiger partial charge in [-0.3, -0.25) is 4.79 Å². The molecule has 0 radical (unpaired) electrons. The number of aromatic hydroxyl groups is 1. The van der Waals surface area contributed by atoms with Gasteiger partial charge in [-0.1, -0.05) is 15.9 Å². The number of nitrogens with one attached hydrogen (secondary N) is 1. The summed E-state index contributed by atoms with van der Waals surface area (Å²) < 4.78 is 18.3. The molecule has 2 N–H and O–H groups in total. The topological polar surface area (TPSA) is 89.4 Å². The van der Waals surface area contributed by atoms with Gasteiger partial charge >= 0.3 is 0 Å². The largest absolute Gasteiger partial charge is 0.506 e. The fourth-order valence-electron chi connectivity index (χ4n) is 2.07. The van der Waals surface area contributed by atoms with Gasteiger partial charge in [-0.05, 0) is 66.0 Å². The van der Waals surface area contributed by atoms with Crippen LogP contribution in [0.25, 0.3) is 0 Å². The molecule has 11 heteroatoms. The molecule has 0 saturated carbocycles. The third-order valence-electron chi connectivity index (χ3n) is 3.32. The molecule has 1 amide bonds. The molecule has 0 spiro atoms. The zero-order valence-corrected chi connectivity index (χ0v) is 20.9. The Morgan fingerprint density at radius 2 is 1.79 bits per heavy atom. The number of carbonyl (C=O) groups is 1. The molecule has 0 saturated heterocycles. The molecular formula is C17H14Br4N2O5. The lowest BCUT2D eigenvalue weighted by Crippen LogP contribution is -2.24. The molecule has 28 heavy (non-hydrogen) atoms. The van der Waals surface area contributed by atoms with E-state index in [4.69, 9.17) is 14.2 Å². The Kier molecular flexibility index (Phi) is 8.59. The summed E-state index contributed by atoms with van der Waals surface area (Å²) in [4.78, 5) is 12.0. The Bertz CT molecular complexity index is 921. The van der Waals surface area contributed by atoms with Crippen molar-refractivity contribution in [3.8, 4) is 23.0 Å². The van der Waals surface area contributed by atoms with E-state index in [0.717, 1.165) is 4.47 Å². The SMILES string of the molecule is COc1cc(Br)cc(Br)c1OCC(=O)N/N=C\c1cc(Br)c(OC)c(Br)c1O. The minimum Gasteiger partial charge on any atom is -0.506 e. The van der Waals surface area contributed by atoms with Crippen LogP contribution in [0.15, 0.2) is 41.2 Å². The second kappa shape index (κ2) is 10.5. The second-order valence-corrected chi connectivity index (χ2v) is 8.56. The number of hydrogen-bond acceptors (Lipinski definition) is 6. The molecule has 7 nitrogen and oxygen atoms in total. The summed E-state index contributed by atoms with van der Waals surface area (Å²) >= 11 is 13.3. The monoisotopic (exact) mass is 642 g/mol. The summed E-state index contributed by atoms with van der Waals surface area (Å²) in [5, 5.41) is 14.0. The summed E-state index contributed by atoms with van der Waals surface area (Å²) in [6.07, 6.45) is 1.30. The van der Waals surface area contributed by atoms with Crippen molar-refractivity contribution >= 4 is 75.8 Å². The number of benzene rings is 2. The molecule has 0 atom stereocenters. The average Bonchev–Trinajstić information content (AvgIpc) is 2.64. The molecule has 0 unspecified atom stereocenters. The Labute approximate surface area is 194 Å². The lowest BCUT2D eigenvalue weighted by molar-refractivity contribution is -0.123. The van der Waals surface area contributed by atoms with Crippen molar-refractivity contribution in [3.05, 3.63) is 41.7 Å². The van der Waals surface area contributed by atoms with E-state index in [9.17, 15) is 9.90 Å². The Balaban J connectivity index is 2.02. The maximum atomic E-state index is 12.0. The second-order valence-electron chi connectivity index (χ2n) is 5.14. The fraction of sp³-hybridized carbons (Fsp3) is 0.176. The van der Waals surface area contributed by atoms with Crippen LogP contribution in [0.2, 0.25) is 0 Å². The number of nitrogens with zero attached hydrogens (tertiary/aromatic N) is 1. The highest BCUT2D eigenvalue weighted by Crippen LogP contribution is 2.41. The summed E-state index contributed by atoms with van der Waals surface area (Å²) in [5.74, 6) is 0.749. The van der Waals surface area contributed by atoms with Crippen molar-refractivity contribution in [3.63, 3.8) is 0 Å². The first-order valence-electron chi connectivity index (χ1n) is 7.51. The van der Waals surface area contributed by atoms with Crippen LogP contribution in [0, 0.1) is 0 Å². The standard InChI is InChI=1S/C17H14Br4N2O5/c1-26-12-5-9(18)4-11(20)16(12)28-7-13(24)23-22-6-8-3-10(19)17(27-2)14(21)15(8)25/h3-6,25H,7H2,1-2H3,(H,23,24)/b22-6-. The average molecular weight is 646 g/mol. The van der Waals surface area contributed by atoms with E-state index >= 15 is 0 Å². The number of carbonyl (C=O) groups excluding carboxylic acids is 1. The van der Waals surface area contributed by atoms with E-state index in [0.29, 0.717) is 36.2 Å². The van der Waals surface area contributed by atoms with Gasteiger partial charge in [0.1, 0.15) is 10.2 Å². The normalized spacial score (nSPS) is 10.8. The van der Waals surface area contributed by atoms with Crippen LogP contribution < -0.4 is 19.6 Å². The van der Waals surface area contributed by atoms with E-state index in [1.165, 1.54) is 20.4 Å². The minimum absolute atomic E-state index is 0.0715. The lowest BCUT2D eigenvalue weighted by Gasteiger charge is -2.12. The Hall–Kier alpha value is -1.30. The first kappa shape index (κ1) is 23.0. The summed E-state index contributed by atoms with van der Waals surface area (Å²) in [5.41, 5.74) is 2.70. The van der Waals surface area contributed by atoms with Crippen LogP contribution in [-0.2, 0) is 4.79 Å². The predicted octanol–water partition coefficient (Wildman–Crippen LogP) is 4.99. The third-order valence-corrected chi connectivity index (χ3v) is 5.69. The molecule has 0 aliphatic carbocycles. The number of phenolic OH excluding ortho intramolecular Hbond substituents is 1. The molecule has 2 aromatic rings. The van der Waals surface area contributed by atoms with Gasteiger partial charge in [-0.15, -0.1) is 0 Å². The first-order chi connectivity index (χ1) is 13.3. The van der Waals surface area contributed by atoms with Gasteiger partial charge in [0.2, 0.25) is 0 Å². The number of hydrogen-bond donors (Lipinski definition) is 2. The lowest BCUT2D eigenvalue weighted by atomic mass is 10.2. The number of halogens is 4. The molecule has 0 aliphatic rings. The van der Waals surface area contributed by atoms with Crippen molar-refractivity contribution in [1.82, 2.24) is 5.43 Å². The highest BCUT2D eigenvalue weighted by Gasteiger charge is 2.15. The Morgan fingerprint density at radius 3 is 2.43 bits per heavy atom. The van der Waals surface area contributed by atoms with E-state index in [1.54, 1.807) is 18.2 Å². The number of phenols is 1. The number of rotatable bonds is 7. The molecular weight excluding hydrogens is 632 g/mol. The smallest absolute Gasteiger partial charge is 0.277 e. The van der Waals surface area contributed by atoms with Gasteiger partial charge in [0.25, 0.3) is 5.91 Å². The van der Waals surface area contributed by atoms with Crippen LogP contribution in [0.1, 0.15) is 5.56 Å². The van der Waals surface area contributed by atoms with Crippen LogP contribution in [0.5, 0.6) is 23.0 Å². The minimum atomic E-state index is -0.487. The van der Waals surface area contributed by atoms with Gasteiger partial charge < -0.3 is 19.3 Å². The van der Waals surface area contributed by atoms with Crippen LogP contribution in [-0.4, -0.2) is 38.1 Å². The molecule has 2 aromatic carbocycles. The molecule has 2 rings (SSSR count). The molecule has 0 fully saturated rings. The number of methoxy groups -OCH3 is 2. The van der Waals surface area contributed by atoms with Crippen molar-refractivity contribution in [2.24, 2.45) is 5.10 Å². The zero-order chi connectivity index (χ0) is 20.8. The van der Waals surface area contributed by atoms with Gasteiger partial charge in [-0.25, -0.2) is 5.43 Å². The van der Waals surface area contributed by atoms with Crippen LogP contribution in [0.4, 0.5) is 0 Å². The molecule has 0 heterocycles. The van der Waals surface area contributed by atoms with Crippen LogP contribution >= 0.6 is 63.7 Å². The number of hydrazone groups is 1. The van der Waals surface area contributed by atoms with Gasteiger partial charge in [-0.2, -0.15) is 5.10 Å². The third kappa shape index (κ3) is 5.62. The maximum absolute atomic E-state index is 12.0. The van der Waals surface area contributed by atoms with Gasteiger partial charge in [0, 0.05) is 10.0 Å². The number of amides is 1. The van der Waals surface area contributed by atoms with Gasteiger partial charge in [0.05, 0.1) is 29.4 Å². The van der Waals surface area contributed by atoms with Crippen LogP contribution in [0.3, 0.4) is 0 Å². The van der Waals surface area contributed by atoms with E-state index in [1.807, 2.05) is 0 Å². The highest BCUT2D eigenvalue weighted by molar-refractivity contribution is 9.11. The summed E-state index contributed by atoms with van der Waals surface area (Å²) in [6, 6.07) is 5.10. The van der Waals surface area contributed by atoms with Crippen molar-refractivity contribution < 1.29 is 24.1 Å². The highest BCUT2D eigenvalue weighted by atomic mass is 79.9. The molecule has 0 aliphatic heterocycles. The molecule has 150 valence electrons. The van der Waals surface area contributed by atoms with Crippen molar-refractivity contribution in [2.75, 3.05) is 20.8 Å². The molecule has 0 bridgehead atoms. The van der Waals surface area contributed by atoms with E-state index < -0.39 is 5.91 Å². The number of ether oxygens (including phenoxy) is 3. The summed E-state index contributed by atoms with van der Waals surface area (Å²) in [6.45, 7) is -0.282. The Morgan fingerprint density at radius 1 is 1.11 bits per heavy atom. The van der Waals surface area contributed by atoms with E-state index in [2.05, 4.69) is 74.2 Å². The molecule has 0 aromatic heterocycles. The summed E-state index contributed by atoms with van der Waals surface area (Å²) in [7, 11) is 2.99. The van der Waals surface area contributed by atoms with Crippen molar-refractivity contribution in [2.45, 2.75) is 0 Å². The zero-order valence-electron chi connectivity index (χ0n) is 14.6. The predicted molar refractivity (Wildman–Crippen MR) is 120 cm³/mol. The maximum Gasteiger partial charge on any atom is 0.277 e. The first-order valence-corrected chi connectivity index (χ1v) is 10.7. The fourth-order valence-corrected chi connectivity index (χ4v) is 4.84.